The summed E-state index contributed by atoms with van der Waals surface area (Å²) < 4.78 is 0. The topological polar surface area (TPSA) is 69.1 Å². The van der Waals surface area contributed by atoms with Crippen LogP contribution in [-0.4, -0.2) is 5.91 Å². The van der Waals surface area contributed by atoms with Crippen molar-refractivity contribution >= 4 is 11.6 Å². The minimum Gasteiger partial charge on any atom is -0.399 e. The van der Waals surface area contributed by atoms with Crippen molar-refractivity contribution in [2.75, 3.05) is 5.73 Å². The number of benzene rings is 1. The fourth-order valence-corrected chi connectivity index (χ4v) is 2.49. The van der Waals surface area contributed by atoms with Crippen LogP contribution in [0.2, 0.25) is 0 Å². The summed E-state index contributed by atoms with van der Waals surface area (Å²) in [4.78, 5) is 11.2. The van der Waals surface area contributed by atoms with Gasteiger partial charge in [0.15, 0.2) is 0 Å². The first-order valence-electron chi connectivity index (χ1n) is 5.87. The van der Waals surface area contributed by atoms with Gasteiger partial charge >= 0.3 is 0 Å². The Morgan fingerprint density at radius 3 is 2.44 bits per heavy atom. The number of amides is 1. The van der Waals surface area contributed by atoms with E-state index in [0.717, 1.165) is 0 Å². The smallest absolute Gasteiger partial charge is 0.248 e. The van der Waals surface area contributed by atoms with E-state index in [9.17, 15) is 4.79 Å². The highest BCUT2D eigenvalue weighted by molar-refractivity contribution is 5.93. The SMILES string of the molecule is NC(=O)c1cc(N)cc(C2CCCCC2)c1. The number of nitrogens with two attached hydrogens (primary N) is 2. The molecule has 0 saturated heterocycles. The summed E-state index contributed by atoms with van der Waals surface area (Å²) >= 11 is 0. The minimum absolute atomic E-state index is 0.399. The van der Waals surface area contributed by atoms with Crippen LogP contribution in [0, 0.1) is 0 Å². The van der Waals surface area contributed by atoms with Gasteiger partial charge in [0.25, 0.3) is 0 Å². The third-order valence-corrected chi connectivity index (χ3v) is 3.34. The summed E-state index contributed by atoms with van der Waals surface area (Å²) in [6.45, 7) is 0. The first-order chi connectivity index (χ1) is 7.66. The molecule has 0 bridgehead atoms. The molecule has 1 fully saturated rings. The highest BCUT2D eigenvalue weighted by Gasteiger charge is 2.17. The molecule has 0 aliphatic heterocycles. The van der Waals surface area contributed by atoms with Gasteiger partial charge in [-0.25, -0.2) is 0 Å². The van der Waals surface area contributed by atoms with Crippen LogP contribution in [0.15, 0.2) is 18.2 Å². The maximum Gasteiger partial charge on any atom is 0.248 e. The second-order valence-corrected chi connectivity index (χ2v) is 4.59. The van der Waals surface area contributed by atoms with Crippen molar-refractivity contribution in [1.29, 1.82) is 0 Å². The average Bonchev–Trinajstić information content (AvgIpc) is 2.29. The molecule has 1 aliphatic rings. The second-order valence-electron chi connectivity index (χ2n) is 4.59. The maximum absolute atomic E-state index is 11.2. The van der Waals surface area contributed by atoms with Crippen molar-refractivity contribution in [1.82, 2.24) is 0 Å². The van der Waals surface area contributed by atoms with Crippen molar-refractivity contribution in [2.45, 2.75) is 38.0 Å². The third-order valence-electron chi connectivity index (χ3n) is 3.34. The number of carbonyl (C=O) groups excluding carboxylic acids is 1. The van der Waals surface area contributed by atoms with E-state index in [2.05, 4.69) is 0 Å². The van der Waals surface area contributed by atoms with E-state index in [4.69, 9.17) is 11.5 Å². The minimum atomic E-state index is -0.399. The third kappa shape index (κ3) is 2.35. The molecule has 1 aliphatic carbocycles. The van der Waals surface area contributed by atoms with Gasteiger partial charge in [-0.15, -0.1) is 0 Å². The molecule has 0 radical (unpaired) electrons. The highest BCUT2D eigenvalue weighted by Crippen LogP contribution is 2.33. The van der Waals surface area contributed by atoms with Gasteiger partial charge in [-0.2, -0.15) is 0 Å². The predicted molar refractivity (Wildman–Crippen MR) is 65.2 cm³/mol. The van der Waals surface area contributed by atoms with E-state index in [1.165, 1.54) is 37.7 Å². The summed E-state index contributed by atoms with van der Waals surface area (Å²) in [5.74, 6) is 0.153. The van der Waals surface area contributed by atoms with Crippen LogP contribution in [0.5, 0.6) is 0 Å². The zero-order valence-electron chi connectivity index (χ0n) is 9.41. The maximum atomic E-state index is 11.2. The zero-order valence-corrected chi connectivity index (χ0v) is 9.41. The Hall–Kier alpha value is -1.51. The lowest BCUT2D eigenvalue weighted by molar-refractivity contribution is 0.1000. The molecule has 1 aromatic rings. The Bertz CT molecular complexity index is 395. The number of primary amides is 1. The molecule has 16 heavy (non-hydrogen) atoms. The first-order valence-corrected chi connectivity index (χ1v) is 5.87. The number of nitrogen functional groups attached to an aromatic ring is 1. The van der Waals surface area contributed by atoms with Crippen LogP contribution in [0.1, 0.15) is 53.9 Å². The van der Waals surface area contributed by atoms with E-state index in [1.807, 2.05) is 12.1 Å². The summed E-state index contributed by atoms with van der Waals surface area (Å²) in [5.41, 5.74) is 13.4. The van der Waals surface area contributed by atoms with E-state index in [0.29, 0.717) is 17.2 Å². The standard InChI is InChI=1S/C13H18N2O/c14-12-7-10(6-11(8-12)13(15)16)9-4-2-1-3-5-9/h6-9H,1-5,14H2,(H2,15,16). The van der Waals surface area contributed by atoms with Gasteiger partial charge in [-0.3, -0.25) is 4.79 Å². The number of anilines is 1. The molecule has 0 unspecified atom stereocenters. The molecule has 1 saturated carbocycles. The molecule has 0 aromatic heterocycles. The van der Waals surface area contributed by atoms with Gasteiger partial charge in [0.2, 0.25) is 5.91 Å². The zero-order chi connectivity index (χ0) is 11.5. The average molecular weight is 218 g/mol. The fourth-order valence-electron chi connectivity index (χ4n) is 2.49. The van der Waals surface area contributed by atoms with Crippen molar-refractivity contribution in [2.24, 2.45) is 5.73 Å². The number of rotatable bonds is 2. The van der Waals surface area contributed by atoms with Crippen molar-refractivity contribution in [3.8, 4) is 0 Å². The van der Waals surface area contributed by atoms with E-state index < -0.39 is 5.91 Å². The van der Waals surface area contributed by atoms with Crippen LogP contribution in [0.25, 0.3) is 0 Å². The number of hydrogen-bond acceptors (Lipinski definition) is 2. The van der Waals surface area contributed by atoms with Gasteiger partial charge in [0.05, 0.1) is 0 Å². The lowest BCUT2D eigenvalue weighted by atomic mass is 9.83. The van der Waals surface area contributed by atoms with Crippen LogP contribution in [0.4, 0.5) is 5.69 Å². The van der Waals surface area contributed by atoms with Crippen molar-refractivity contribution in [3.05, 3.63) is 29.3 Å². The predicted octanol–water partition coefficient (Wildman–Crippen LogP) is 2.42. The molecule has 0 spiro atoms. The summed E-state index contributed by atoms with van der Waals surface area (Å²) in [6.07, 6.45) is 6.25. The van der Waals surface area contributed by atoms with Gasteiger partial charge in [0, 0.05) is 11.3 Å². The molecule has 0 atom stereocenters. The quantitative estimate of drug-likeness (QED) is 0.748. The van der Waals surface area contributed by atoms with E-state index in [1.54, 1.807) is 6.07 Å². The molecular formula is C13H18N2O. The van der Waals surface area contributed by atoms with Crippen LogP contribution < -0.4 is 11.5 Å². The Balaban J connectivity index is 2.28. The molecule has 4 N–H and O–H groups in total. The molecule has 1 amide bonds. The normalized spacial score (nSPS) is 17.2. The molecule has 2 rings (SSSR count). The van der Waals surface area contributed by atoms with Crippen LogP contribution in [0.3, 0.4) is 0 Å². The molecular weight excluding hydrogens is 200 g/mol. The lowest BCUT2D eigenvalue weighted by Crippen LogP contribution is -2.13. The Morgan fingerprint density at radius 1 is 1.12 bits per heavy atom. The first kappa shape index (κ1) is 11.0. The van der Waals surface area contributed by atoms with E-state index in [-0.39, 0.29) is 0 Å². The lowest BCUT2D eigenvalue weighted by Gasteiger charge is -2.22. The van der Waals surface area contributed by atoms with Gasteiger partial charge in [0.1, 0.15) is 0 Å². The van der Waals surface area contributed by atoms with Gasteiger partial charge in [-0.05, 0) is 42.5 Å². The van der Waals surface area contributed by atoms with Crippen LogP contribution >= 0.6 is 0 Å². The molecule has 3 nitrogen and oxygen atoms in total. The van der Waals surface area contributed by atoms with Gasteiger partial charge in [-0.1, -0.05) is 19.3 Å². The van der Waals surface area contributed by atoms with E-state index >= 15 is 0 Å². The molecule has 1 aromatic carbocycles. The Morgan fingerprint density at radius 2 is 1.81 bits per heavy atom. The molecule has 86 valence electrons. The Labute approximate surface area is 95.8 Å². The number of carbonyl (C=O) groups is 1. The van der Waals surface area contributed by atoms with Gasteiger partial charge < -0.3 is 11.5 Å². The van der Waals surface area contributed by atoms with Crippen molar-refractivity contribution < 1.29 is 4.79 Å². The van der Waals surface area contributed by atoms with Crippen molar-refractivity contribution in [3.63, 3.8) is 0 Å². The highest BCUT2D eigenvalue weighted by atomic mass is 16.1. The summed E-state index contributed by atoms with van der Waals surface area (Å²) in [6, 6.07) is 5.52. The molecule has 0 heterocycles. The summed E-state index contributed by atoms with van der Waals surface area (Å²) in [5, 5.41) is 0. The monoisotopic (exact) mass is 218 g/mol. The second kappa shape index (κ2) is 4.56. The molecule has 3 heteroatoms. The number of hydrogen-bond donors (Lipinski definition) is 2. The van der Waals surface area contributed by atoms with Crippen LogP contribution in [-0.2, 0) is 0 Å². The Kier molecular flexibility index (Phi) is 3.13. The largest absolute Gasteiger partial charge is 0.399 e. The summed E-state index contributed by atoms with van der Waals surface area (Å²) in [7, 11) is 0. The fraction of sp³-hybridized carbons (Fsp3) is 0.462.